The molecule has 6 nitrogen and oxygen atoms in total. The minimum Gasteiger partial charge on any atom is -0.263 e. The van der Waals surface area contributed by atoms with Gasteiger partial charge in [-0.15, -0.1) is 0 Å². The van der Waals surface area contributed by atoms with Crippen LogP contribution in [-0.2, 0) is 15.6 Å². The maximum atomic E-state index is 13.3. The lowest BCUT2D eigenvalue weighted by Gasteiger charge is -2.24. The first kappa shape index (κ1) is 19.9. The summed E-state index contributed by atoms with van der Waals surface area (Å²) in [5, 5.41) is 11.3. The second-order valence-electron chi connectivity index (χ2n) is 6.53. The summed E-state index contributed by atoms with van der Waals surface area (Å²) in [4.78, 5) is 9.79. The summed E-state index contributed by atoms with van der Waals surface area (Å²) < 4.78 is 66.7. The molecule has 0 spiro atoms. The van der Waals surface area contributed by atoms with E-state index in [4.69, 9.17) is 0 Å². The average Bonchev–Trinajstić information content (AvgIpc) is 3.04. The molecule has 2 aromatic carbocycles. The Morgan fingerprint density at radius 2 is 1.64 bits per heavy atom. The number of halogens is 3. The molecule has 1 aromatic heterocycles. The van der Waals surface area contributed by atoms with Crippen molar-refractivity contribution in [2.24, 2.45) is 0 Å². The number of rotatable bonds is 4. The van der Waals surface area contributed by atoms with Crippen molar-refractivity contribution >= 4 is 20.9 Å². The molecular weight excluding hydrogens is 397 g/mol. The smallest absolute Gasteiger partial charge is 0.263 e. The Bertz CT molecular complexity index is 1170. The number of benzene rings is 2. The molecule has 1 atom stereocenters. The number of aromatic nitrogens is 1. The molecule has 3 aromatic rings. The Morgan fingerprint density at radius 3 is 2.18 bits per heavy atom. The predicted molar refractivity (Wildman–Crippen MR) is 96.1 cm³/mol. The molecule has 10 heteroatoms. The fraction of sp³-hybridized carbons (Fsp3) is 0.222. The summed E-state index contributed by atoms with van der Waals surface area (Å²) in [5.41, 5.74) is -2.90. The number of hydrogen-bond acceptors (Lipinski definition) is 4. The second kappa shape index (κ2) is 6.33. The fourth-order valence-corrected chi connectivity index (χ4v) is 4.18. The fourth-order valence-electron chi connectivity index (χ4n) is 2.83. The van der Waals surface area contributed by atoms with Crippen LogP contribution in [0.1, 0.15) is 18.1 Å². The summed E-state index contributed by atoms with van der Waals surface area (Å²) in [7, 11) is -3.97. The molecule has 28 heavy (non-hydrogen) atoms. The number of nitro groups is 1. The van der Waals surface area contributed by atoms with Crippen LogP contribution in [0.15, 0.2) is 59.6 Å². The number of nitrogens with zero attached hydrogens (tertiary/aromatic N) is 2. The first-order valence-corrected chi connectivity index (χ1v) is 9.48. The third-order valence-corrected chi connectivity index (χ3v) is 6.42. The summed E-state index contributed by atoms with van der Waals surface area (Å²) in [6, 6.07) is 10.5. The highest BCUT2D eigenvalue weighted by Gasteiger charge is 2.63. The van der Waals surface area contributed by atoms with Gasteiger partial charge < -0.3 is 0 Å². The van der Waals surface area contributed by atoms with Crippen molar-refractivity contribution in [3.63, 3.8) is 0 Å². The molecule has 3 rings (SSSR count). The van der Waals surface area contributed by atoms with E-state index < -0.39 is 32.2 Å². The van der Waals surface area contributed by atoms with Crippen molar-refractivity contribution in [1.29, 1.82) is 0 Å². The first-order chi connectivity index (χ1) is 12.9. The molecule has 0 aliphatic carbocycles. The van der Waals surface area contributed by atoms with E-state index in [0.717, 1.165) is 27.7 Å². The summed E-state index contributed by atoms with van der Waals surface area (Å²) in [6.45, 7) is 2.28. The van der Waals surface area contributed by atoms with E-state index in [-0.39, 0.29) is 15.8 Å². The van der Waals surface area contributed by atoms with Crippen molar-refractivity contribution in [3.05, 3.63) is 76.0 Å². The normalized spacial score (nSPS) is 14.8. The van der Waals surface area contributed by atoms with Gasteiger partial charge in [0.15, 0.2) is 0 Å². The molecule has 0 radical (unpaired) electrons. The average molecular weight is 412 g/mol. The summed E-state index contributed by atoms with van der Waals surface area (Å²) in [5.74, 6) is 0. The van der Waals surface area contributed by atoms with Gasteiger partial charge in [0.2, 0.25) is 0 Å². The van der Waals surface area contributed by atoms with Gasteiger partial charge >= 0.3 is 11.7 Å². The van der Waals surface area contributed by atoms with Gasteiger partial charge in [-0.25, -0.2) is 12.4 Å². The van der Waals surface area contributed by atoms with Crippen LogP contribution in [0.4, 0.5) is 13.2 Å². The molecule has 0 aliphatic heterocycles. The minimum atomic E-state index is -5.12. The van der Waals surface area contributed by atoms with Gasteiger partial charge in [0.25, 0.3) is 10.0 Å². The number of alkyl halides is 3. The van der Waals surface area contributed by atoms with Crippen LogP contribution in [0.5, 0.6) is 0 Å². The third kappa shape index (κ3) is 2.93. The maximum absolute atomic E-state index is 13.3. The number of fused-ring (bicyclic) bond motifs is 1. The van der Waals surface area contributed by atoms with Crippen LogP contribution in [-0.4, -0.2) is 23.5 Å². The monoisotopic (exact) mass is 412 g/mol. The SMILES string of the molecule is Cc1ccc(S(=O)(=O)n2ccc3cc(C(C)([N+](=O)[O-])C(F)(F)F)ccc32)cc1. The highest BCUT2D eigenvalue weighted by atomic mass is 32.2. The molecule has 148 valence electrons. The zero-order valence-corrected chi connectivity index (χ0v) is 15.6. The Morgan fingerprint density at radius 1 is 1.04 bits per heavy atom. The number of hydrogen-bond donors (Lipinski definition) is 0. The molecule has 1 unspecified atom stereocenters. The van der Waals surface area contributed by atoms with E-state index in [9.17, 15) is 31.7 Å². The Labute approximate surface area is 158 Å². The van der Waals surface area contributed by atoms with Gasteiger partial charge in [0.05, 0.1) is 10.4 Å². The maximum Gasteiger partial charge on any atom is 0.465 e. The molecule has 0 bridgehead atoms. The molecular formula is C18H15F3N2O4S. The van der Waals surface area contributed by atoms with Crippen LogP contribution in [0.25, 0.3) is 10.9 Å². The molecule has 1 heterocycles. The minimum absolute atomic E-state index is 0.0186. The molecule has 0 aliphatic rings. The molecule has 0 fully saturated rings. The summed E-state index contributed by atoms with van der Waals surface area (Å²) >= 11 is 0. The lowest BCUT2D eigenvalue weighted by molar-refractivity contribution is -0.618. The molecule has 0 saturated carbocycles. The van der Waals surface area contributed by atoms with Gasteiger partial charge in [-0.1, -0.05) is 17.7 Å². The number of aryl methyl sites for hydroxylation is 1. The molecule has 0 amide bonds. The lowest BCUT2D eigenvalue weighted by Crippen LogP contribution is -2.46. The molecule has 0 saturated heterocycles. The highest BCUT2D eigenvalue weighted by molar-refractivity contribution is 7.90. The van der Waals surface area contributed by atoms with E-state index in [1.54, 1.807) is 19.1 Å². The second-order valence-corrected chi connectivity index (χ2v) is 8.35. The van der Waals surface area contributed by atoms with E-state index in [1.165, 1.54) is 24.4 Å². The van der Waals surface area contributed by atoms with Crippen LogP contribution < -0.4 is 0 Å². The zero-order chi connectivity index (χ0) is 20.9. The van der Waals surface area contributed by atoms with Gasteiger partial charge in [0.1, 0.15) is 0 Å². The van der Waals surface area contributed by atoms with E-state index >= 15 is 0 Å². The van der Waals surface area contributed by atoms with Crippen molar-refractivity contribution in [2.75, 3.05) is 0 Å². The summed E-state index contributed by atoms with van der Waals surface area (Å²) in [6.07, 6.45) is -3.92. The van der Waals surface area contributed by atoms with Gasteiger partial charge in [-0.3, -0.25) is 10.1 Å². The Kier molecular flexibility index (Phi) is 4.49. The standard InChI is InChI=1S/C18H15F3N2O4S/c1-12-3-6-15(7-4-12)28(26,27)22-10-9-13-11-14(5-8-16(13)22)17(2,23(24)25)18(19,20)21/h3-11H,1-2H3. The van der Waals surface area contributed by atoms with Crippen LogP contribution in [0.3, 0.4) is 0 Å². The highest BCUT2D eigenvalue weighted by Crippen LogP contribution is 2.42. The Balaban J connectivity index is 2.16. The van der Waals surface area contributed by atoms with E-state index in [2.05, 4.69) is 0 Å². The lowest BCUT2D eigenvalue weighted by atomic mass is 9.91. The van der Waals surface area contributed by atoms with E-state index in [1.807, 2.05) is 0 Å². The topological polar surface area (TPSA) is 82.2 Å². The zero-order valence-electron chi connectivity index (χ0n) is 14.8. The largest absolute Gasteiger partial charge is 0.465 e. The van der Waals surface area contributed by atoms with E-state index in [0.29, 0.717) is 6.92 Å². The van der Waals surface area contributed by atoms with Crippen molar-refractivity contribution in [2.45, 2.75) is 30.5 Å². The van der Waals surface area contributed by atoms with Crippen LogP contribution >= 0.6 is 0 Å². The van der Waals surface area contributed by atoms with Gasteiger partial charge in [-0.2, -0.15) is 13.2 Å². The predicted octanol–water partition coefficient (Wildman–Crippen LogP) is 4.24. The van der Waals surface area contributed by atoms with Crippen molar-refractivity contribution in [3.8, 4) is 0 Å². The van der Waals surface area contributed by atoms with Crippen molar-refractivity contribution < 1.29 is 26.5 Å². The quantitative estimate of drug-likeness (QED) is 0.474. The van der Waals surface area contributed by atoms with Crippen molar-refractivity contribution in [1.82, 2.24) is 3.97 Å². The van der Waals surface area contributed by atoms with Gasteiger partial charge in [-0.05, 0) is 43.3 Å². The van der Waals surface area contributed by atoms with Crippen LogP contribution in [0.2, 0.25) is 0 Å². The Hall–Kier alpha value is -2.88. The molecule has 0 N–H and O–H groups in total. The van der Waals surface area contributed by atoms with Gasteiger partial charge in [0, 0.05) is 29.0 Å². The van der Waals surface area contributed by atoms with Crippen LogP contribution in [0, 0.1) is 17.0 Å². The first-order valence-electron chi connectivity index (χ1n) is 8.04. The third-order valence-electron chi connectivity index (χ3n) is 4.71.